The fourth-order valence-electron chi connectivity index (χ4n) is 1.77. The van der Waals surface area contributed by atoms with E-state index in [-0.39, 0.29) is 11.7 Å². The Bertz CT molecular complexity index is 260. The van der Waals surface area contributed by atoms with Crippen LogP contribution in [-0.2, 0) is 9.53 Å². The number of carbonyl (C=O) groups excluding carboxylic acids is 1. The quantitative estimate of drug-likeness (QED) is 0.309. The Morgan fingerprint density at radius 2 is 2.31 bits per heavy atom. The monoisotopic (exact) mass is 229 g/mol. The fourth-order valence-corrected chi connectivity index (χ4v) is 1.77. The number of hydrogen-bond acceptors (Lipinski definition) is 4. The number of ether oxygens (including phenoxy) is 1. The predicted molar refractivity (Wildman–Crippen MR) is 59.2 cm³/mol. The van der Waals surface area contributed by atoms with Crippen LogP contribution in [0.4, 0.5) is 0 Å². The molecule has 1 atom stereocenters. The van der Waals surface area contributed by atoms with Gasteiger partial charge in [-0.05, 0) is 12.8 Å². The molecular formula is C10H19N3O3. The van der Waals surface area contributed by atoms with E-state index in [0.29, 0.717) is 32.7 Å². The van der Waals surface area contributed by atoms with Crippen LogP contribution in [0.5, 0.6) is 0 Å². The number of oxime groups is 1. The minimum absolute atomic E-state index is 0.0161. The molecule has 1 heterocycles. The molecule has 0 aromatic heterocycles. The molecule has 0 radical (unpaired) electrons. The van der Waals surface area contributed by atoms with E-state index in [1.165, 1.54) is 0 Å². The van der Waals surface area contributed by atoms with Gasteiger partial charge in [-0.15, -0.1) is 0 Å². The van der Waals surface area contributed by atoms with Crippen LogP contribution in [0, 0.1) is 5.92 Å². The van der Waals surface area contributed by atoms with E-state index < -0.39 is 5.92 Å². The molecule has 1 rings (SSSR count). The van der Waals surface area contributed by atoms with E-state index in [1.54, 1.807) is 4.90 Å². The zero-order valence-electron chi connectivity index (χ0n) is 9.56. The highest BCUT2D eigenvalue weighted by molar-refractivity contribution is 6.02. The summed E-state index contributed by atoms with van der Waals surface area (Å²) in [6.45, 7) is 4.33. The summed E-state index contributed by atoms with van der Waals surface area (Å²) in [5.74, 6) is -0.621. The van der Waals surface area contributed by atoms with Gasteiger partial charge in [-0.1, -0.05) is 12.1 Å². The summed E-state index contributed by atoms with van der Waals surface area (Å²) < 4.78 is 5.27. The molecule has 1 aliphatic rings. The molecule has 0 saturated carbocycles. The molecule has 1 amide bonds. The smallest absolute Gasteiger partial charge is 0.233 e. The number of hydrogen-bond donors (Lipinski definition) is 2. The first-order valence-electron chi connectivity index (χ1n) is 5.54. The molecule has 16 heavy (non-hydrogen) atoms. The van der Waals surface area contributed by atoms with Crippen LogP contribution in [0.1, 0.15) is 19.8 Å². The first-order valence-corrected chi connectivity index (χ1v) is 5.54. The van der Waals surface area contributed by atoms with Gasteiger partial charge in [-0.2, -0.15) is 0 Å². The van der Waals surface area contributed by atoms with Crippen molar-refractivity contribution in [2.75, 3.05) is 26.3 Å². The van der Waals surface area contributed by atoms with Gasteiger partial charge in [0.25, 0.3) is 0 Å². The van der Waals surface area contributed by atoms with Crippen LogP contribution in [0.25, 0.3) is 0 Å². The Morgan fingerprint density at radius 1 is 1.56 bits per heavy atom. The number of rotatable bonds is 3. The Hall–Kier alpha value is -1.30. The van der Waals surface area contributed by atoms with Crippen molar-refractivity contribution in [1.82, 2.24) is 4.90 Å². The van der Waals surface area contributed by atoms with Crippen LogP contribution < -0.4 is 5.73 Å². The minimum atomic E-state index is -0.525. The Morgan fingerprint density at radius 3 is 2.94 bits per heavy atom. The highest BCUT2D eigenvalue weighted by atomic mass is 16.5. The van der Waals surface area contributed by atoms with Gasteiger partial charge in [-0.25, -0.2) is 0 Å². The second-order valence-corrected chi connectivity index (χ2v) is 3.78. The average molecular weight is 229 g/mol. The number of amides is 1. The molecule has 6 heteroatoms. The lowest BCUT2D eigenvalue weighted by atomic mass is 10.0. The molecule has 0 spiro atoms. The normalized spacial score (nSPS) is 20.3. The van der Waals surface area contributed by atoms with Crippen molar-refractivity contribution in [1.29, 1.82) is 0 Å². The van der Waals surface area contributed by atoms with Crippen LogP contribution in [0.2, 0.25) is 0 Å². The maximum Gasteiger partial charge on any atom is 0.233 e. The van der Waals surface area contributed by atoms with Crippen molar-refractivity contribution in [3.05, 3.63) is 0 Å². The zero-order valence-corrected chi connectivity index (χ0v) is 9.56. The maximum atomic E-state index is 12.1. The maximum absolute atomic E-state index is 12.1. The third-order valence-electron chi connectivity index (χ3n) is 2.71. The largest absolute Gasteiger partial charge is 0.409 e. The van der Waals surface area contributed by atoms with Crippen molar-refractivity contribution in [3.63, 3.8) is 0 Å². The molecule has 0 aromatic carbocycles. The highest BCUT2D eigenvalue weighted by Crippen LogP contribution is 2.10. The topological polar surface area (TPSA) is 88.2 Å². The zero-order chi connectivity index (χ0) is 12.0. The molecule has 0 aliphatic carbocycles. The Labute approximate surface area is 95.0 Å². The van der Waals surface area contributed by atoms with E-state index in [0.717, 1.165) is 6.42 Å². The lowest BCUT2D eigenvalue weighted by Gasteiger charge is -2.24. The van der Waals surface area contributed by atoms with Gasteiger partial charge in [0.2, 0.25) is 5.91 Å². The molecular weight excluding hydrogens is 210 g/mol. The second-order valence-electron chi connectivity index (χ2n) is 3.78. The van der Waals surface area contributed by atoms with Crippen LogP contribution in [0.15, 0.2) is 5.16 Å². The summed E-state index contributed by atoms with van der Waals surface area (Å²) in [7, 11) is 0. The minimum Gasteiger partial charge on any atom is -0.409 e. The molecule has 1 unspecified atom stereocenters. The third kappa shape index (κ3) is 3.10. The summed E-state index contributed by atoms with van der Waals surface area (Å²) in [5, 5.41) is 11.5. The first-order chi connectivity index (χ1) is 7.70. The van der Waals surface area contributed by atoms with Gasteiger partial charge in [0.15, 0.2) is 5.84 Å². The standard InChI is InChI=1S/C10H19N3O3/c1-2-8(9(11)12-15)10(14)13-4-3-6-16-7-5-13/h8,15H,2-7H2,1H3,(H2,11,12). The second kappa shape index (κ2) is 6.32. The molecule has 92 valence electrons. The van der Waals surface area contributed by atoms with Crippen molar-refractivity contribution in [2.24, 2.45) is 16.8 Å². The summed E-state index contributed by atoms with van der Waals surface area (Å²) in [6, 6.07) is 0. The van der Waals surface area contributed by atoms with Gasteiger partial charge in [0.05, 0.1) is 12.5 Å². The summed E-state index contributed by atoms with van der Waals surface area (Å²) in [5.41, 5.74) is 5.50. The van der Waals surface area contributed by atoms with Gasteiger partial charge in [0.1, 0.15) is 0 Å². The molecule has 0 bridgehead atoms. The van der Waals surface area contributed by atoms with Crippen molar-refractivity contribution in [2.45, 2.75) is 19.8 Å². The van der Waals surface area contributed by atoms with Crippen molar-refractivity contribution >= 4 is 11.7 Å². The number of nitrogens with two attached hydrogens (primary N) is 1. The van der Waals surface area contributed by atoms with Gasteiger partial charge in [0, 0.05) is 19.7 Å². The van der Waals surface area contributed by atoms with E-state index >= 15 is 0 Å². The van der Waals surface area contributed by atoms with Crippen LogP contribution in [0.3, 0.4) is 0 Å². The third-order valence-corrected chi connectivity index (χ3v) is 2.71. The SMILES string of the molecule is CCC(C(=O)N1CCCOCC1)C(N)=NO. The van der Waals surface area contributed by atoms with E-state index in [9.17, 15) is 4.79 Å². The predicted octanol–water partition coefficient (Wildman–Crippen LogP) is 0.00790. The number of nitrogens with zero attached hydrogens (tertiary/aromatic N) is 2. The van der Waals surface area contributed by atoms with E-state index in [2.05, 4.69) is 5.16 Å². The molecule has 1 fully saturated rings. The first kappa shape index (κ1) is 12.8. The fraction of sp³-hybridized carbons (Fsp3) is 0.800. The van der Waals surface area contributed by atoms with Gasteiger partial charge >= 0.3 is 0 Å². The summed E-state index contributed by atoms with van der Waals surface area (Å²) in [6.07, 6.45) is 1.37. The van der Waals surface area contributed by atoms with E-state index in [4.69, 9.17) is 15.7 Å². The lowest BCUT2D eigenvalue weighted by molar-refractivity contribution is -0.133. The average Bonchev–Trinajstić information content (AvgIpc) is 2.58. The van der Waals surface area contributed by atoms with Gasteiger partial charge in [-0.3, -0.25) is 4.79 Å². The van der Waals surface area contributed by atoms with Crippen molar-refractivity contribution in [3.8, 4) is 0 Å². The number of amidine groups is 1. The highest BCUT2D eigenvalue weighted by Gasteiger charge is 2.26. The molecule has 1 saturated heterocycles. The Balaban J connectivity index is 2.65. The summed E-state index contributed by atoms with van der Waals surface area (Å²) >= 11 is 0. The molecule has 3 N–H and O–H groups in total. The number of carbonyl (C=O) groups is 1. The Kier molecular flexibility index (Phi) is 5.04. The van der Waals surface area contributed by atoms with Crippen LogP contribution in [-0.4, -0.2) is 48.2 Å². The van der Waals surface area contributed by atoms with Crippen LogP contribution >= 0.6 is 0 Å². The van der Waals surface area contributed by atoms with Gasteiger partial charge < -0.3 is 20.6 Å². The van der Waals surface area contributed by atoms with Crippen molar-refractivity contribution < 1.29 is 14.7 Å². The molecule has 6 nitrogen and oxygen atoms in total. The molecule has 0 aromatic rings. The lowest BCUT2D eigenvalue weighted by Crippen LogP contribution is -2.42. The summed E-state index contributed by atoms with van der Waals surface area (Å²) in [4.78, 5) is 13.8. The van der Waals surface area contributed by atoms with E-state index in [1.807, 2.05) is 6.92 Å². The molecule has 1 aliphatic heterocycles.